The van der Waals surface area contributed by atoms with Crippen molar-refractivity contribution in [1.82, 2.24) is 9.80 Å². The first-order valence-corrected chi connectivity index (χ1v) is 7.00. The normalized spacial score (nSPS) is 17.9. The molecule has 1 aliphatic rings. The van der Waals surface area contributed by atoms with E-state index in [2.05, 4.69) is 22.2 Å². The molecule has 0 atom stereocenters. The lowest BCUT2D eigenvalue weighted by atomic mass is 10.3. The molecule has 0 bridgehead atoms. The first-order valence-electron chi connectivity index (χ1n) is 6.25. The standard InChI is InChI=1S/C13H19Cl2N3/c1-17-6-8-18(9-7-17)5-4-16-11-2-3-12(14)13(15)10-11/h2-3,10,16H,4-9H2,1H3. The summed E-state index contributed by atoms with van der Waals surface area (Å²) in [5, 5.41) is 4.57. The number of rotatable bonds is 4. The van der Waals surface area contributed by atoms with Crippen molar-refractivity contribution in [2.45, 2.75) is 0 Å². The van der Waals surface area contributed by atoms with Crippen molar-refractivity contribution in [2.24, 2.45) is 0 Å². The number of nitrogens with one attached hydrogen (secondary N) is 1. The summed E-state index contributed by atoms with van der Waals surface area (Å²) in [6, 6.07) is 5.65. The molecule has 0 unspecified atom stereocenters. The Morgan fingerprint density at radius 1 is 1.11 bits per heavy atom. The maximum absolute atomic E-state index is 5.97. The molecule has 0 spiro atoms. The van der Waals surface area contributed by atoms with Crippen LogP contribution in [0.25, 0.3) is 0 Å². The fraction of sp³-hybridized carbons (Fsp3) is 0.538. The lowest BCUT2D eigenvalue weighted by Crippen LogP contribution is -2.45. The van der Waals surface area contributed by atoms with Crippen LogP contribution in [0.1, 0.15) is 0 Å². The van der Waals surface area contributed by atoms with Gasteiger partial charge in [-0.25, -0.2) is 0 Å². The largest absolute Gasteiger partial charge is 0.384 e. The maximum Gasteiger partial charge on any atom is 0.0612 e. The second-order valence-electron chi connectivity index (χ2n) is 4.70. The highest BCUT2D eigenvalue weighted by molar-refractivity contribution is 6.42. The van der Waals surface area contributed by atoms with E-state index < -0.39 is 0 Å². The minimum absolute atomic E-state index is 0.598. The molecule has 100 valence electrons. The first kappa shape index (κ1) is 13.9. The molecule has 1 aromatic carbocycles. The number of anilines is 1. The zero-order valence-electron chi connectivity index (χ0n) is 10.6. The Bertz CT molecular complexity index is 390. The second-order valence-corrected chi connectivity index (χ2v) is 5.51. The lowest BCUT2D eigenvalue weighted by molar-refractivity contribution is 0.158. The summed E-state index contributed by atoms with van der Waals surface area (Å²) in [5.74, 6) is 0. The molecule has 0 aromatic heterocycles. The number of halogens is 2. The molecule has 18 heavy (non-hydrogen) atoms. The van der Waals surface area contributed by atoms with Crippen LogP contribution in [0.15, 0.2) is 18.2 Å². The molecule has 0 amide bonds. The Labute approximate surface area is 119 Å². The van der Waals surface area contributed by atoms with Crippen molar-refractivity contribution in [3.8, 4) is 0 Å². The van der Waals surface area contributed by atoms with Crippen molar-refractivity contribution in [1.29, 1.82) is 0 Å². The van der Waals surface area contributed by atoms with E-state index in [4.69, 9.17) is 23.2 Å². The van der Waals surface area contributed by atoms with Crippen LogP contribution in [0.2, 0.25) is 10.0 Å². The molecule has 1 aliphatic heterocycles. The van der Waals surface area contributed by atoms with E-state index in [0.29, 0.717) is 10.0 Å². The summed E-state index contributed by atoms with van der Waals surface area (Å²) in [6.45, 7) is 6.62. The third kappa shape index (κ3) is 4.02. The van der Waals surface area contributed by atoms with Gasteiger partial charge < -0.3 is 10.2 Å². The molecule has 2 rings (SSSR count). The highest BCUT2D eigenvalue weighted by Gasteiger charge is 2.12. The predicted molar refractivity (Wildman–Crippen MR) is 78.9 cm³/mol. The zero-order valence-corrected chi connectivity index (χ0v) is 12.1. The molecular formula is C13H19Cl2N3. The van der Waals surface area contributed by atoms with Gasteiger partial charge in [0.15, 0.2) is 0 Å². The molecule has 1 aromatic rings. The molecule has 0 aliphatic carbocycles. The number of hydrogen-bond donors (Lipinski definition) is 1. The monoisotopic (exact) mass is 287 g/mol. The van der Waals surface area contributed by atoms with Crippen LogP contribution < -0.4 is 5.32 Å². The van der Waals surface area contributed by atoms with E-state index >= 15 is 0 Å². The van der Waals surface area contributed by atoms with Crippen molar-refractivity contribution >= 4 is 28.9 Å². The summed E-state index contributed by atoms with van der Waals surface area (Å²) >= 11 is 11.8. The highest BCUT2D eigenvalue weighted by atomic mass is 35.5. The van der Waals surface area contributed by atoms with E-state index in [1.807, 2.05) is 18.2 Å². The maximum atomic E-state index is 5.97. The average molecular weight is 288 g/mol. The number of benzene rings is 1. The molecule has 1 heterocycles. The fourth-order valence-corrected chi connectivity index (χ4v) is 2.33. The van der Waals surface area contributed by atoms with Crippen molar-refractivity contribution in [3.63, 3.8) is 0 Å². The third-order valence-corrected chi connectivity index (χ3v) is 4.01. The van der Waals surface area contributed by atoms with Gasteiger partial charge in [0, 0.05) is 45.0 Å². The highest BCUT2D eigenvalue weighted by Crippen LogP contribution is 2.24. The van der Waals surface area contributed by atoms with Gasteiger partial charge in [0.25, 0.3) is 0 Å². The molecule has 5 heteroatoms. The van der Waals surface area contributed by atoms with Gasteiger partial charge in [-0.15, -0.1) is 0 Å². The van der Waals surface area contributed by atoms with Gasteiger partial charge in [-0.1, -0.05) is 23.2 Å². The van der Waals surface area contributed by atoms with Gasteiger partial charge in [-0.2, -0.15) is 0 Å². The van der Waals surface area contributed by atoms with Crippen LogP contribution in [0.5, 0.6) is 0 Å². The minimum Gasteiger partial charge on any atom is -0.384 e. The summed E-state index contributed by atoms with van der Waals surface area (Å²) in [7, 11) is 2.17. The molecule has 1 saturated heterocycles. The summed E-state index contributed by atoms with van der Waals surface area (Å²) in [4.78, 5) is 4.84. The fourth-order valence-electron chi connectivity index (χ4n) is 2.04. The Morgan fingerprint density at radius 2 is 1.83 bits per heavy atom. The van der Waals surface area contributed by atoms with Crippen LogP contribution in [0, 0.1) is 0 Å². The zero-order chi connectivity index (χ0) is 13.0. The summed E-state index contributed by atoms with van der Waals surface area (Å²) < 4.78 is 0. The summed E-state index contributed by atoms with van der Waals surface area (Å²) in [6.07, 6.45) is 0. The Morgan fingerprint density at radius 3 is 2.50 bits per heavy atom. The first-order chi connectivity index (χ1) is 8.65. The van der Waals surface area contributed by atoms with Crippen molar-refractivity contribution < 1.29 is 0 Å². The van der Waals surface area contributed by atoms with E-state index in [1.165, 1.54) is 0 Å². The predicted octanol–water partition coefficient (Wildman–Crippen LogP) is 2.65. The minimum atomic E-state index is 0.598. The average Bonchev–Trinajstić information content (AvgIpc) is 2.36. The van der Waals surface area contributed by atoms with E-state index in [9.17, 15) is 0 Å². The van der Waals surface area contributed by atoms with Crippen LogP contribution >= 0.6 is 23.2 Å². The number of hydrogen-bond acceptors (Lipinski definition) is 3. The van der Waals surface area contributed by atoms with Gasteiger partial charge in [0.1, 0.15) is 0 Å². The van der Waals surface area contributed by atoms with E-state index in [0.717, 1.165) is 45.0 Å². The third-order valence-electron chi connectivity index (χ3n) is 3.27. The van der Waals surface area contributed by atoms with Crippen LogP contribution in [0.3, 0.4) is 0 Å². The number of nitrogens with zero attached hydrogens (tertiary/aromatic N) is 2. The smallest absolute Gasteiger partial charge is 0.0612 e. The van der Waals surface area contributed by atoms with Crippen LogP contribution in [-0.4, -0.2) is 56.1 Å². The Kier molecular flexibility index (Phi) is 5.13. The lowest BCUT2D eigenvalue weighted by Gasteiger charge is -2.32. The second kappa shape index (κ2) is 6.62. The van der Waals surface area contributed by atoms with Gasteiger partial charge in [-0.3, -0.25) is 4.90 Å². The SMILES string of the molecule is CN1CCN(CCNc2ccc(Cl)c(Cl)c2)CC1. The molecule has 1 N–H and O–H groups in total. The molecular weight excluding hydrogens is 269 g/mol. The Hall–Kier alpha value is -0.480. The Balaban J connectivity index is 1.73. The van der Waals surface area contributed by atoms with Gasteiger partial charge >= 0.3 is 0 Å². The molecule has 1 fully saturated rings. The quantitative estimate of drug-likeness (QED) is 0.919. The van der Waals surface area contributed by atoms with Crippen molar-refractivity contribution in [2.75, 3.05) is 51.6 Å². The summed E-state index contributed by atoms with van der Waals surface area (Å²) in [5.41, 5.74) is 1.03. The molecule has 0 radical (unpaired) electrons. The van der Waals surface area contributed by atoms with Crippen molar-refractivity contribution in [3.05, 3.63) is 28.2 Å². The topological polar surface area (TPSA) is 18.5 Å². The number of likely N-dealkylation sites (N-methyl/N-ethyl adjacent to an activating group) is 1. The van der Waals surface area contributed by atoms with Gasteiger partial charge in [-0.05, 0) is 25.2 Å². The van der Waals surface area contributed by atoms with E-state index in [1.54, 1.807) is 0 Å². The number of piperazine rings is 1. The molecule has 0 saturated carbocycles. The van der Waals surface area contributed by atoms with Crippen LogP contribution in [0.4, 0.5) is 5.69 Å². The molecule has 3 nitrogen and oxygen atoms in total. The van der Waals surface area contributed by atoms with E-state index in [-0.39, 0.29) is 0 Å². The van der Waals surface area contributed by atoms with Crippen LogP contribution in [-0.2, 0) is 0 Å². The van der Waals surface area contributed by atoms with Gasteiger partial charge in [0.2, 0.25) is 0 Å². The van der Waals surface area contributed by atoms with Gasteiger partial charge in [0.05, 0.1) is 10.0 Å².